The molecular formula is C26H48Cl2O3. The molecule has 0 heterocycles. The van der Waals surface area contributed by atoms with Crippen LogP contribution in [0.25, 0.3) is 0 Å². The van der Waals surface area contributed by atoms with Crippen molar-refractivity contribution in [3.63, 3.8) is 0 Å². The van der Waals surface area contributed by atoms with E-state index in [1.54, 1.807) is 0 Å². The van der Waals surface area contributed by atoms with Gasteiger partial charge in [0.05, 0.1) is 12.2 Å². The van der Waals surface area contributed by atoms with Gasteiger partial charge in [0, 0.05) is 11.8 Å². The van der Waals surface area contributed by atoms with Crippen molar-refractivity contribution in [2.75, 3.05) is 25.3 Å². The first-order chi connectivity index (χ1) is 15.2. The van der Waals surface area contributed by atoms with Crippen LogP contribution in [0.1, 0.15) is 104 Å². The maximum absolute atomic E-state index is 5.69. The highest BCUT2D eigenvalue weighted by molar-refractivity contribution is 6.18. The molecule has 3 nitrogen and oxygen atoms in total. The largest absolute Gasteiger partial charge is 0.352 e. The molecule has 0 fully saturated rings. The van der Waals surface area contributed by atoms with Crippen molar-refractivity contribution < 1.29 is 14.2 Å². The quantitative estimate of drug-likeness (QED) is 0.0599. The molecular weight excluding hydrogens is 431 g/mol. The average Bonchev–Trinajstić information content (AvgIpc) is 2.76. The molecule has 0 aliphatic carbocycles. The molecule has 0 spiro atoms. The summed E-state index contributed by atoms with van der Waals surface area (Å²) in [6.07, 6.45) is 25.8. The Kier molecular flexibility index (Phi) is 26.1. The Morgan fingerprint density at radius 1 is 0.548 bits per heavy atom. The molecule has 0 saturated carbocycles. The fourth-order valence-electron chi connectivity index (χ4n) is 3.08. The lowest BCUT2D eigenvalue weighted by Gasteiger charge is -2.14. The van der Waals surface area contributed by atoms with Crippen LogP contribution in [0.2, 0.25) is 0 Å². The summed E-state index contributed by atoms with van der Waals surface area (Å²) in [6, 6.07) is 0. The van der Waals surface area contributed by atoms with Gasteiger partial charge in [0.2, 0.25) is 0 Å². The van der Waals surface area contributed by atoms with Gasteiger partial charge >= 0.3 is 0 Å². The van der Waals surface area contributed by atoms with E-state index in [0.717, 1.165) is 50.3 Å². The summed E-state index contributed by atoms with van der Waals surface area (Å²) in [4.78, 5) is 0. The molecule has 2 atom stereocenters. The Labute approximate surface area is 202 Å². The molecule has 0 rings (SSSR count). The fraction of sp³-hybridized carbons (Fsp3) is 0.846. The Bertz CT molecular complexity index is 366. The Hall–Kier alpha value is -0.0600. The second kappa shape index (κ2) is 26.2. The van der Waals surface area contributed by atoms with Crippen molar-refractivity contribution >= 4 is 23.2 Å². The van der Waals surface area contributed by atoms with Gasteiger partial charge in [-0.3, -0.25) is 0 Å². The minimum Gasteiger partial charge on any atom is -0.352 e. The van der Waals surface area contributed by atoms with E-state index in [1.807, 2.05) is 0 Å². The van der Waals surface area contributed by atoms with Gasteiger partial charge in [-0.2, -0.15) is 0 Å². The molecule has 0 aliphatic rings. The third kappa shape index (κ3) is 26.1. The number of rotatable bonds is 24. The summed E-state index contributed by atoms with van der Waals surface area (Å²) in [6.45, 7) is 4.78. The van der Waals surface area contributed by atoms with Crippen molar-refractivity contribution in [2.45, 2.75) is 116 Å². The van der Waals surface area contributed by atoms with Gasteiger partial charge in [-0.15, -0.1) is 23.2 Å². The second-order valence-electron chi connectivity index (χ2n) is 8.28. The number of unbranched alkanes of at least 4 members (excludes halogenated alkanes) is 8. The van der Waals surface area contributed by atoms with E-state index in [-0.39, 0.29) is 12.2 Å². The van der Waals surface area contributed by atoms with Crippen LogP contribution in [0, 0.1) is 0 Å². The van der Waals surface area contributed by atoms with E-state index in [4.69, 9.17) is 37.4 Å². The van der Waals surface area contributed by atoms with Crippen LogP contribution in [0.15, 0.2) is 24.3 Å². The first kappa shape index (κ1) is 30.9. The van der Waals surface area contributed by atoms with E-state index < -0.39 is 0 Å². The highest BCUT2D eigenvalue weighted by atomic mass is 35.5. The lowest BCUT2D eigenvalue weighted by molar-refractivity contribution is -0.160. The summed E-state index contributed by atoms with van der Waals surface area (Å²) >= 11 is 11.4. The van der Waals surface area contributed by atoms with Gasteiger partial charge in [0.1, 0.15) is 13.6 Å². The van der Waals surface area contributed by atoms with Crippen LogP contribution in [0.4, 0.5) is 0 Å². The van der Waals surface area contributed by atoms with Crippen LogP contribution in [-0.4, -0.2) is 37.6 Å². The summed E-state index contributed by atoms with van der Waals surface area (Å²) in [5.74, 6) is 1.58. The summed E-state index contributed by atoms with van der Waals surface area (Å²) < 4.78 is 16.8. The van der Waals surface area contributed by atoms with Crippen LogP contribution < -0.4 is 0 Å². The maximum atomic E-state index is 5.69. The zero-order valence-electron chi connectivity index (χ0n) is 20.2. The van der Waals surface area contributed by atoms with Gasteiger partial charge in [-0.1, -0.05) is 50.0 Å². The van der Waals surface area contributed by atoms with Crippen LogP contribution in [0.3, 0.4) is 0 Å². The molecule has 5 heteroatoms. The molecule has 0 N–H and O–H groups in total. The van der Waals surface area contributed by atoms with Crippen LogP contribution in [0.5, 0.6) is 0 Å². The molecule has 31 heavy (non-hydrogen) atoms. The molecule has 0 saturated heterocycles. The third-order valence-corrected chi connectivity index (χ3v) is 5.73. The topological polar surface area (TPSA) is 27.7 Å². The minimum atomic E-state index is 0.200. The van der Waals surface area contributed by atoms with E-state index in [2.05, 4.69) is 38.2 Å². The Morgan fingerprint density at radius 2 is 0.935 bits per heavy atom. The van der Waals surface area contributed by atoms with Crippen molar-refractivity contribution in [1.82, 2.24) is 0 Å². The number of alkyl halides is 2. The standard InChI is InChI=1S/C26H48Cl2O3/c1-25(19-15-11-7-3-5-9-13-17-21-27)30-23-29-24-31-26(2)20-16-12-8-4-6-10-14-18-22-28/h7-8,11-12,25-26H,3-6,9-10,13-24H2,1-2H3. The molecule has 0 amide bonds. The van der Waals surface area contributed by atoms with Gasteiger partial charge < -0.3 is 14.2 Å². The summed E-state index contributed by atoms with van der Waals surface area (Å²) in [5, 5.41) is 0. The lowest BCUT2D eigenvalue weighted by atomic mass is 10.1. The summed E-state index contributed by atoms with van der Waals surface area (Å²) in [5.41, 5.74) is 0. The fourth-order valence-corrected chi connectivity index (χ4v) is 3.46. The van der Waals surface area contributed by atoms with Crippen molar-refractivity contribution in [3.05, 3.63) is 24.3 Å². The highest BCUT2D eigenvalue weighted by Crippen LogP contribution is 2.08. The molecule has 0 radical (unpaired) electrons. The molecule has 0 aromatic rings. The zero-order valence-corrected chi connectivity index (χ0v) is 21.7. The first-order valence-electron chi connectivity index (χ1n) is 12.4. The number of halogens is 2. The third-order valence-electron chi connectivity index (χ3n) is 5.19. The highest BCUT2D eigenvalue weighted by Gasteiger charge is 2.03. The number of allylic oxidation sites excluding steroid dienone is 4. The average molecular weight is 480 g/mol. The SMILES string of the molecule is CC(CCC=CCCCCCCCl)OCOCOC(C)CCC=CCCCCCCCl. The van der Waals surface area contributed by atoms with Gasteiger partial charge in [0.25, 0.3) is 0 Å². The minimum absolute atomic E-state index is 0.200. The predicted octanol–water partition coefficient (Wildman–Crippen LogP) is 8.78. The van der Waals surface area contributed by atoms with Gasteiger partial charge in [0.15, 0.2) is 0 Å². The van der Waals surface area contributed by atoms with Crippen molar-refractivity contribution in [1.29, 1.82) is 0 Å². The van der Waals surface area contributed by atoms with Crippen molar-refractivity contribution in [2.24, 2.45) is 0 Å². The number of ether oxygens (including phenoxy) is 3. The maximum Gasteiger partial charge on any atom is 0.149 e. The molecule has 0 aliphatic heterocycles. The van der Waals surface area contributed by atoms with E-state index >= 15 is 0 Å². The predicted molar refractivity (Wildman–Crippen MR) is 136 cm³/mol. The van der Waals surface area contributed by atoms with Crippen LogP contribution in [-0.2, 0) is 14.2 Å². The second-order valence-corrected chi connectivity index (χ2v) is 9.03. The normalized spacial score (nSPS) is 14.1. The zero-order chi connectivity index (χ0) is 22.8. The molecule has 0 aromatic carbocycles. The summed E-state index contributed by atoms with van der Waals surface area (Å²) in [7, 11) is 0. The Balaban J connectivity index is 3.40. The molecule has 2 unspecified atom stereocenters. The number of hydrogen-bond acceptors (Lipinski definition) is 3. The smallest absolute Gasteiger partial charge is 0.149 e. The van der Waals surface area contributed by atoms with Gasteiger partial charge in [-0.05, 0) is 78.1 Å². The Morgan fingerprint density at radius 3 is 1.35 bits per heavy atom. The van der Waals surface area contributed by atoms with Crippen molar-refractivity contribution in [3.8, 4) is 0 Å². The lowest BCUT2D eigenvalue weighted by Crippen LogP contribution is -2.15. The van der Waals surface area contributed by atoms with Gasteiger partial charge in [-0.25, -0.2) is 0 Å². The molecule has 0 bridgehead atoms. The first-order valence-corrected chi connectivity index (χ1v) is 13.5. The van der Waals surface area contributed by atoms with E-state index in [1.165, 1.54) is 51.4 Å². The van der Waals surface area contributed by atoms with Crippen LogP contribution >= 0.6 is 23.2 Å². The molecule has 184 valence electrons. The number of hydrogen-bond donors (Lipinski definition) is 0. The monoisotopic (exact) mass is 478 g/mol. The van der Waals surface area contributed by atoms with E-state index in [9.17, 15) is 0 Å². The van der Waals surface area contributed by atoms with E-state index in [0.29, 0.717) is 13.6 Å². The molecule has 0 aromatic heterocycles.